The van der Waals surface area contributed by atoms with E-state index in [1.54, 1.807) is 0 Å². The highest BCUT2D eigenvalue weighted by molar-refractivity contribution is 9.10. The Kier molecular flexibility index (Phi) is 3.28. The zero-order valence-electron chi connectivity index (χ0n) is 11.8. The van der Waals surface area contributed by atoms with E-state index in [0.717, 1.165) is 22.2 Å². The van der Waals surface area contributed by atoms with Crippen LogP contribution in [0.4, 0.5) is 13.2 Å². The fraction of sp³-hybridized carbons (Fsp3) is 0.625. The fourth-order valence-corrected chi connectivity index (χ4v) is 4.36. The average molecular weight is 377 g/mol. The molecule has 1 aromatic carbocycles. The van der Waals surface area contributed by atoms with E-state index in [4.69, 9.17) is 9.47 Å². The quantitative estimate of drug-likeness (QED) is 0.746. The van der Waals surface area contributed by atoms with Gasteiger partial charge in [0.1, 0.15) is 11.9 Å². The molecule has 2 aliphatic heterocycles. The Morgan fingerprint density at radius 1 is 1.27 bits per heavy atom. The van der Waals surface area contributed by atoms with Crippen LogP contribution >= 0.6 is 15.9 Å². The predicted molar refractivity (Wildman–Crippen MR) is 77.9 cm³/mol. The van der Waals surface area contributed by atoms with Crippen molar-refractivity contribution in [2.24, 2.45) is 11.3 Å². The molecular formula is C16H16BrF3O2. The Balaban J connectivity index is 1.65. The topological polar surface area (TPSA) is 18.5 Å². The molecule has 22 heavy (non-hydrogen) atoms. The molecule has 1 aliphatic carbocycles. The van der Waals surface area contributed by atoms with Gasteiger partial charge in [-0.1, -0.05) is 15.9 Å². The van der Waals surface area contributed by atoms with Crippen LogP contribution in [0.15, 0.2) is 22.7 Å². The maximum atomic E-state index is 12.6. The highest BCUT2D eigenvalue weighted by Crippen LogP contribution is 2.65. The summed E-state index contributed by atoms with van der Waals surface area (Å²) < 4.78 is 50.4. The third-order valence-electron chi connectivity index (χ3n) is 5.24. The summed E-state index contributed by atoms with van der Waals surface area (Å²) in [5.74, 6) is 1.52. The fourth-order valence-electron chi connectivity index (χ4n) is 3.98. The first-order valence-corrected chi connectivity index (χ1v) is 8.29. The Hall–Kier alpha value is -0.750. The van der Waals surface area contributed by atoms with E-state index in [2.05, 4.69) is 15.9 Å². The number of hydrogen-bond acceptors (Lipinski definition) is 2. The van der Waals surface area contributed by atoms with Crippen LogP contribution in [-0.4, -0.2) is 25.5 Å². The monoisotopic (exact) mass is 376 g/mol. The number of ether oxygens (including phenoxy) is 2. The molecule has 2 fully saturated rings. The highest BCUT2D eigenvalue weighted by Gasteiger charge is 2.63. The lowest BCUT2D eigenvalue weighted by Crippen LogP contribution is -2.55. The Labute approximate surface area is 135 Å². The molecule has 4 rings (SSSR count). The first kappa shape index (κ1) is 14.8. The molecule has 0 N–H and O–H groups in total. The van der Waals surface area contributed by atoms with Crippen LogP contribution < -0.4 is 4.74 Å². The van der Waals surface area contributed by atoms with Crippen molar-refractivity contribution in [1.29, 1.82) is 0 Å². The maximum absolute atomic E-state index is 12.6. The minimum atomic E-state index is -4.15. The summed E-state index contributed by atoms with van der Waals surface area (Å²) in [7, 11) is 0. The van der Waals surface area contributed by atoms with Gasteiger partial charge in [-0.15, -0.1) is 0 Å². The normalized spacial score (nSPS) is 31.5. The summed E-state index contributed by atoms with van der Waals surface area (Å²) in [6.45, 7) is 1.04. The standard InChI is InChI=1S/C16H16BrF3O2/c17-9-1-2-13-11(5-9)10-6-12(10)15(7-21-8-15)14(22-13)3-4-16(18,19)20/h1-2,5,10,12,14H,3-4,6-8H2. The molecule has 3 atom stereocenters. The molecular weight excluding hydrogens is 361 g/mol. The largest absolute Gasteiger partial charge is 0.489 e. The molecule has 0 amide bonds. The molecule has 3 unspecified atom stereocenters. The second-order valence-corrected chi connectivity index (χ2v) is 7.53. The SMILES string of the molecule is FC(F)(F)CCC1Oc2ccc(Br)cc2C2CC2C12COC2. The van der Waals surface area contributed by atoms with Crippen molar-refractivity contribution in [3.8, 4) is 5.75 Å². The summed E-state index contributed by atoms with van der Waals surface area (Å²) in [5.41, 5.74) is 0.890. The van der Waals surface area contributed by atoms with E-state index in [1.807, 2.05) is 18.2 Å². The van der Waals surface area contributed by atoms with Crippen LogP contribution in [0.25, 0.3) is 0 Å². The lowest BCUT2D eigenvalue weighted by Gasteiger charge is -2.47. The minimum Gasteiger partial charge on any atom is -0.489 e. The maximum Gasteiger partial charge on any atom is 0.389 e. The first-order chi connectivity index (χ1) is 10.4. The van der Waals surface area contributed by atoms with Gasteiger partial charge in [0, 0.05) is 10.9 Å². The van der Waals surface area contributed by atoms with Gasteiger partial charge in [0.05, 0.1) is 18.6 Å². The number of halogens is 4. The van der Waals surface area contributed by atoms with Crippen molar-refractivity contribution < 1.29 is 22.6 Å². The zero-order valence-corrected chi connectivity index (χ0v) is 13.4. The number of alkyl halides is 3. The lowest BCUT2D eigenvalue weighted by atomic mass is 9.73. The van der Waals surface area contributed by atoms with Gasteiger partial charge in [-0.2, -0.15) is 13.2 Å². The van der Waals surface area contributed by atoms with Crippen LogP contribution in [0.2, 0.25) is 0 Å². The predicted octanol–water partition coefficient (Wildman–Crippen LogP) is 4.67. The number of hydrogen-bond donors (Lipinski definition) is 0. The molecule has 120 valence electrons. The van der Waals surface area contributed by atoms with Crippen molar-refractivity contribution >= 4 is 15.9 Å². The molecule has 0 bridgehead atoms. The Bertz CT molecular complexity index is 598. The van der Waals surface area contributed by atoms with Crippen molar-refractivity contribution in [2.45, 2.75) is 37.5 Å². The third-order valence-corrected chi connectivity index (χ3v) is 5.74. The second kappa shape index (κ2) is 4.87. The summed E-state index contributed by atoms with van der Waals surface area (Å²) in [4.78, 5) is 0. The van der Waals surface area contributed by atoms with Crippen LogP contribution in [0, 0.1) is 11.3 Å². The third kappa shape index (κ3) is 2.35. The van der Waals surface area contributed by atoms with E-state index < -0.39 is 18.7 Å². The van der Waals surface area contributed by atoms with Crippen molar-refractivity contribution in [2.75, 3.05) is 13.2 Å². The van der Waals surface area contributed by atoms with Crippen molar-refractivity contribution in [3.05, 3.63) is 28.2 Å². The first-order valence-electron chi connectivity index (χ1n) is 7.50. The van der Waals surface area contributed by atoms with E-state index in [0.29, 0.717) is 25.0 Å². The smallest absolute Gasteiger partial charge is 0.389 e. The Morgan fingerprint density at radius 2 is 2.05 bits per heavy atom. The minimum absolute atomic E-state index is 0.00554. The van der Waals surface area contributed by atoms with Crippen molar-refractivity contribution in [1.82, 2.24) is 0 Å². The van der Waals surface area contributed by atoms with E-state index in [-0.39, 0.29) is 11.8 Å². The van der Waals surface area contributed by atoms with Crippen LogP contribution in [0.5, 0.6) is 5.75 Å². The molecule has 1 saturated carbocycles. The van der Waals surface area contributed by atoms with Gasteiger partial charge in [-0.3, -0.25) is 0 Å². The van der Waals surface area contributed by atoms with Crippen molar-refractivity contribution in [3.63, 3.8) is 0 Å². The molecule has 2 nitrogen and oxygen atoms in total. The summed E-state index contributed by atoms with van der Waals surface area (Å²) in [6.07, 6.45) is -4.33. The van der Waals surface area contributed by atoms with E-state index in [1.165, 1.54) is 0 Å². The van der Waals surface area contributed by atoms with Gasteiger partial charge in [-0.25, -0.2) is 0 Å². The van der Waals surface area contributed by atoms with Crippen LogP contribution in [0.1, 0.15) is 30.7 Å². The summed E-state index contributed by atoms with van der Waals surface area (Å²) in [5, 5.41) is 0. The number of benzene rings is 1. The molecule has 0 aromatic heterocycles. The number of rotatable bonds is 2. The van der Waals surface area contributed by atoms with Gasteiger partial charge in [0.2, 0.25) is 0 Å². The highest BCUT2D eigenvalue weighted by atomic mass is 79.9. The van der Waals surface area contributed by atoms with Gasteiger partial charge in [-0.05, 0) is 48.4 Å². The van der Waals surface area contributed by atoms with Gasteiger partial charge < -0.3 is 9.47 Å². The summed E-state index contributed by atoms with van der Waals surface area (Å²) in [6, 6.07) is 5.79. The summed E-state index contributed by atoms with van der Waals surface area (Å²) >= 11 is 3.46. The average Bonchev–Trinajstić information content (AvgIpc) is 3.15. The lowest BCUT2D eigenvalue weighted by molar-refractivity contribution is -0.189. The molecule has 0 radical (unpaired) electrons. The van der Waals surface area contributed by atoms with Crippen LogP contribution in [0.3, 0.4) is 0 Å². The van der Waals surface area contributed by atoms with Gasteiger partial charge >= 0.3 is 6.18 Å². The molecule has 1 spiro atoms. The molecule has 2 heterocycles. The number of fused-ring (bicyclic) bond motifs is 4. The second-order valence-electron chi connectivity index (χ2n) is 6.62. The Morgan fingerprint density at radius 3 is 2.68 bits per heavy atom. The molecule has 1 aromatic rings. The van der Waals surface area contributed by atoms with E-state index >= 15 is 0 Å². The van der Waals surface area contributed by atoms with Crippen LogP contribution in [-0.2, 0) is 4.74 Å². The van der Waals surface area contributed by atoms with E-state index in [9.17, 15) is 13.2 Å². The molecule has 3 aliphatic rings. The molecule has 6 heteroatoms. The molecule has 1 saturated heterocycles. The van der Waals surface area contributed by atoms with Gasteiger partial charge in [0.15, 0.2) is 0 Å². The zero-order chi connectivity index (χ0) is 15.5. The van der Waals surface area contributed by atoms with Gasteiger partial charge in [0.25, 0.3) is 0 Å².